The Hall–Kier alpha value is -2.71. The summed E-state index contributed by atoms with van der Waals surface area (Å²) in [5.74, 6) is -0.380. The van der Waals surface area contributed by atoms with Crippen molar-refractivity contribution in [1.29, 1.82) is 0 Å². The molecule has 4 rings (SSSR count). The summed E-state index contributed by atoms with van der Waals surface area (Å²) in [4.78, 5) is 4.31. The van der Waals surface area contributed by atoms with E-state index in [0.29, 0.717) is 38.8 Å². The zero-order valence-electron chi connectivity index (χ0n) is 14.4. The van der Waals surface area contributed by atoms with E-state index in [9.17, 15) is 0 Å². The smallest absolute Gasteiger partial charge is 0.181 e. The van der Waals surface area contributed by atoms with Crippen LogP contribution in [0.2, 0.25) is 5.02 Å². The first-order chi connectivity index (χ1) is 13.4. The molecule has 8 heteroatoms. The monoisotopic (exact) mass is 415 g/mol. The lowest BCUT2D eigenvalue weighted by molar-refractivity contribution is 0.0291. The minimum atomic E-state index is -0.380. The third-order valence-corrected chi connectivity index (χ3v) is 5.46. The average molecular weight is 416 g/mol. The van der Waals surface area contributed by atoms with Gasteiger partial charge in [0.15, 0.2) is 5.13 Å². The van der Waals surface area contributed by atoms with Crippen LogP contribution in [0, 0.1) is 5.82 Å². The number of hydrogen-bond acceptors (Lipinski definition) is 6. The highest BCUT2D eigenvalue weighted by Crippen LogP contribution is 2.38. The SMILES string of the molecule is Nc1nc2c(-c3cccc(Cl)c3)c(F)c(Cc3ccc(N(O)O)cc3)cc2s1. The van der Waals surface area contributed by atoms with Crippen molar-refractivity contribution < 1.29 is 14.8 Å². The molecule has 142 valence electrons. The largest absolute Gasteiger partial charge is 0.375 e. The van der Waals surface area contributed by atoms with Crippen molar-refractivity contribution in [2.45, 2.75) is 6.42 Å². The Bertz CT molecular complexity index is 1160. The summed E-state index contributed by atoms with van der Waals surface area (Å²) in [6.45, 7) is 0. The van der Waals surface area contributed by atoms with Gasteiger partial charge in [0, 0.05) is 17.0 Å². The molecule has 1 aromatic heterocycles. The number of nitrogens with two attached hydrogens (primary N) is 1. The maximum atomic E-state index is 15.5. The van der Waals surface area contributed by atoms with Gasteiger partial charge in [0.25, 0.3) is 0 Å². The summed E-state index contributed by atoms with van der Waals surface area (Å²) in [7, 11) is 0. The molecule has 0 spiro atoms. The Morgan fingerprint density at radius 2 is 1.86 bits per heavy atom. The van der Waals surface area contributed by atoms with Gasteiger partial charge in [-0.15, -0.1) is 5.23 Å². The van der Waals surface area contributed by atoms with Gasteiger partial charge < -0.3 is 5.73 Å². The highest BCUT2D eigenvalue weighted by molar-refractivity contribution is 7.22. The molecule has 0 aliphatic carbocycles. The van der Waals surface area contributed by atoms with E-state index in [2.05, 4.69) is 4.98 Å². The van der Waals surface area contributed by atoms with Crippen LogP contribution in [0.3, 0.4) is 0 Å². The Balaban J connectivity index is 1.84. The molecule has 28 heavy (non-hydrogen) atoms. The molecule has 0 radical (unpaired) electrons. The van der Waals surface area contributed by atoms with E-state index in [4.69, 9.17) is 27.7 Å². The van der Waals surface area contributed by atoms with Gasteiger partial charge >= 0.3 is 0 Å². The lowest BCUT2D eigenvalue weighted by Gasteiger charge is -2.12. The van der Waals surface area contributed by atoms with Gasteiger partial charge in [0.05, 0.1) is 15.9 Å². The van der Waals surface area contributed by atoms with Gasteiger partial charge in [-0.3, -0.25) is 10.4 Å². The topological polar surface area (TPSA) is 82.6 Å². The summed E-state index contributed by atoms with van der Waals surface area (Å²) in [6.07, 6.45) is 0.324. The van der Waals surface area contributed by atoms with Crippen LogP contribution in [0.5, 0.6) is 0 Å². The summed E-state index contributed by atoms with van der Waals surface area (Å²) in [5.41, 5.74) is 8.91. The number of nitrogen functional groups attached to an aromatic ring is 1. The second-order valence-corrected chi connectivity index (χ2v) is 7.77. The van der Waals surface area contributed by atoms with Crippen molar-refractivity contribution >= 4 is 44.0 Å². The number of thiazole rings is 1. The molecule has 0 aliphatic heterocycles. The zero-order chi connectivity index (χ0) is 19.8. The average Bonchev–Trinajstić information content (AvgIpc) is 3.02. The van der Waals surface area contributed by atoms with Crippen molar-refractivity contribution in [1.82, 2.24) is 4.98 Å². The van der Waals surface area contributed by atoms with Crippen LogP contribution in [0.15, 0.2) is 54.6 Å². The first-order valence-electron chi connectivity index (χ1n) is 8.32. The number of nitrogens with zero attached hydrogens (tertiary/aromatic N) is 2. The second-order valence-electron chi connectivity index (χ2n) is 6.27. The number of benzene rings is 3. The van der Waals surface area contributed by atoms with Crippen molar-refractivity contribution in [3.63, 3.8) is 0 Å². The third-order valence-electron chi connectivity index (χ3n) is 4.39. The molecule has 0 atom stereocenters. The van der Waals surface area contributed by atoms with E-state index in [-0.39, 0.29) is 16.7 Å². The zero-order valence-corrected chi connectivity index (χ0v) is 16.0. The molecule has 0 amide bonds. The van der Waals surface area contributed by atoms with E-state index in [0.717, 1.165) is 10.3 Å². The maximum absolute atomic E-state index is 15.5. The van der Waals surface area contributed by atoms with Crippen LogP contribution in [0.1, 0.15) is 11.1 Å². The fourth-order valence-corrected chi connectivity index (χ4v) is 4.11. The van der Waals surface area contributed by atoms with Crippen LogP contribution in [-0.2, 0) is 6.42 Å². The first-order valence-corrected chi connectivity index (χ1v) is 9.52. The van der Waals surface area contributed by atoms with Gasteiger partial charge in [0.2, 0.25) is 0 Å². The van der Waals surface area contributed by atoms with Crippen LogP contribution < -0.4 is 11.0 Å². The number of fused-ring (bicyclic) bond motifs is 1. The molecule has 1 heterocycles. The van der Waals surface area contributed by atoms with Crippen molar-refractivity contribution in [3.8, 4) is 11.1 Å². The molecule has 4 aromatic rings. The summed E-state index contributed by atoms with van der Waals surface area (Å²) < 4.78 is 16.3. The molecule has 0 fully saturated rings. The number of halogens is 2. The molecule has 5 nitrogen and oxygen atoms in total. The van der Waals surface area contributed by atoms with Crippen LogP contribution in [0.4, 0.5) is 15.2 Å². The first kappa shape index (κ1) is 18.6. The third kappa shape index (κ3) is 3.53. The molecule has 0 saturated heterocycles. The standard InChI is InChI=1S/C20H15ClFN3O2S/c21-14-3-1-2-12(9-14)17-18(22)13(10-16-19(17)24-20(23)28-16)8-11-4-6-15(7-5-11)25(26)27/h1-7,9-10,26-27H,8H2,(H2,23,24). The molecule has 0 saturated carbocycles. The minimum Gasteiger partial charge on any atom is -0.375 e. The van der Waals surface area contributed by atoms with E-state index < -0.39 is 0 Å². The van der Waals surface area contributed by atoms with Gasteiger partial charge in [-0.05, 0) is 47.0 Å². The molecular formula is C20H15ClFN3O2S. The lowest BCUT2D eigenvalue weighted by atomic mass is 9.97. The quantitative estimate of drug-likeness (QED) is 0.382. The summed E-state index contributed by atoms with van der Waals surface area (Å²) in [5, 5.41) is 19.0. The predicted molar refractivity (Wildman–Crippen MR) is 110 cm³/mol. The van der Waals surface area contributed by atoms with Crippen LogP contribution >= 0.6 is 22.9 Å². The highest BCUT2D eigenvalue weighted by atomic mass is 35.5. The molecular weight excluding hydrogens is 401 g/mol. The highest BCUT2D eigenvalue weighted by Gasteiger charge is 2.19. The molecule has 0 aliphatic rings. The maximum Gasteiger partial charge on any atom is 0.181 e. The van der Waals surface area contributed by atoms with Crippen molar-refractivity contribution in [2.24, 2.45) is 0 Å². The Labute approximate surface area is 169 Å². The predicted octanol–water partition coefficient (Wildman–Crippen LogP) is 5.51. The van der Waals surface area contributed by atoms with E-state index >= 15 is 4.39 Å². The Morgan fingerprint density at radius 1 is 1.11 bits per heavy atom. The molecule has 4 N–H and O–H groups in total. The van der Waals surface area contributed by atoms with E-state index in [1.165, 1.54) is 23.5 Å². The second kappa shape index (κ2) is 7.37. The molecule has 3 aromatic carbocycles. The van der Waals surface area contributed by atoms with E-state index in [1.807, 2.05) is 0 Å². The number of rotatable bonds is 4. The van der Waals surface area contributed by atoms with Crippen molar-refractivity contribution in [2.75, 3.05) is 11.0 Å². The number of anilines is 2. The fourth-order valence-electron chi connectivity index (χ4n) is 3.12. The Morgan fingerprint density at radius 3 is 2.54 bits per heavy atom. The fraction of sp³-hybridized carbons (Fsp3) is 0.0500. The summed E-state index contributed by atoms with van der Waals surface area (Å²) in [6, 6.07) is 15.2. The minimum absolute atomic E-state index is 0.0355. The molecule has 0 bridgehead atoms. The van der Waals surface area contributed by atoms with Gasteiger partial charge in [0.1, 0.15) is 5.82 Å². The van der Waals surface area contributed by atoms with Crippen LogP contribution in [0.25, 0.3) is 21.3 Å². The number of hydrogen-bond donors (Lipinski definition) is 3. The Kier molecular flexibility index (Phi) is 4.91. The van der Waals surface area contributed by atoms with Gasteiger partial charge in [-0.1, -0.05) is 47.2 Å². The van der Waals surface area contributed by atoms with E-state index in [1.54, 1.807) is 42.5 Å². The van der Waals surface area contributed by atoms with Gasteiger partial charge in [-0.25, -0.2) is 9.37 Å². The molecule has 0 unspecified atom stereocenters. The normalized spacial score (nSPS) is 11.1. The summed E-state index contributed by atoms with van der Waals surface area (Å²) >= 11 is 7.40. The lowest BCUT2D eigenvalue weighted by Crippen LogP contribution is -2.10. The van der Waals surface area contributed by atoms with Crippen molar-refractivity contribution in [3.05, 3.63) is 76.6 Å². The van der Waals surface area contributed by atoms with Crippen LogP contribution in [-0.4, -0.2) is 15.4 Å². The van der Waals surface area contributed by atoms with Gasteiger partial charge in [-0.2, -0.15) is 0 Å². The number of aromatic nitrogens is 1.